The van der Waals surface area contributed by atoms with Gasteiger partial charge in [-0.1, -0.05) is 38.1 Å². The van der Waals surface area contributed by atoms with Crippen LogP contribution in [0, 0.1) is 0 Å². The Hall–Kier alpha value is -3.43. The molecule has 0 fully saturated rings. The van der Waals surface area contributed by atoms with Crippen molar-refractivity contribution in [2.24, 2.45) is 5.73 Å². The largest absolute Gasteiger partial charge is 0.464 e. The molecule has 1 aromatic carbocycles. The van der Waals surface area contributed by atoms with Crippen molar-refractivity contribution < 1.29 is 9.52 Å². The highest BCUT2D eigenvalue weighted by Crippen LogP contribution is 2.27. The Morgan fingerprint density at radius 2 is 1.90 bits per heavy atom. The second kappa shape index (κ2) is 9.15. The van der Waals surface area contributed by atoms with Gasteiger partial charge < -0.3 is 25.9 Å². The highest BCUT2D eigenvalue weighted by molar-refractivity contribution is 5.88. The molecule has 162 valence electrons. The molecule has 0 aliphatic carbocycles. The first-order valence-corrected chi connectivity index (χ1v) is 10.3. The highest BCUT2D eigenvalue weighted by Gasteiger charge is 2.17. The normalized spacial score (nSPS) is 12.4. The van der Waals surface area contributed by atoms with Crippen LogP contribution in [0.5, 0.6) is 0 Å². The van der Waals surface area contributed by atoms with Gasteiger partial charge in [0, 0.05) is 25.2 Å². The molecule has 0 bridgehead atoms. The van der Waals surface area contributed by atoms with Gasteiger partial charge in [-0.25, -0.2) is 4.98 Å². The Labute approximate surface area is 180 Å². The van der Waals surface area contributed by atoms with E-state index in [-0.39, 0.29) is 19.0 Å². The summed E-state index contributed by atoms with van der Waals surface area (Å²) in [4.78, 5) is 9.17. The molecular formula is C22H27N7O2. The summed E-state index contributed by atoms with van der Waals surface area (Å²) >= 11 is 0. The van der Waals surface area contributed by atoms with E-state index in [0.29, 0.717) is 23.8 Å². The third kappa shape index (κ3) is 4.68. The third-order valence-corrected chi connectivity index (χ3v) is 4.99. The fourth-order valence-corrected chi connectivity index (χ4v) is 3.23. The van der Waals surface area contributed by atoms with Crippen molar-refractivity contribution in [3.63, 3.8) is 0 Å². The van der Waals surface area contributed by atoms with Gasteiger partial charge in [0.05, 0.1) is 18.1 Å². The number of aliphatic hydroxyl groups is 1. The molecule has 3 heterocycles. The second-order valence-electron chi connectivity index (χ2n) is 7.68. The third-order valence-electron chi connectivity index (χ3n) is 4.99. The number of H-pyrrole nitrogens is 1. The first kappa shape index (κ1) is 20.8. The van der Waals surface area contributed by atoms with Gasteiger partial charge in [-0.3, -0.25) is 5.10 Å². The Morgan fingerprint density at radius 3 is 2.58 bits per heavy atom. The van der Waals surface area contributed by atoms with Gasteiger partial charge in [0.15, 0.2) is 11.3 Å². The first-order valence-electron chi connectivity index (χ1n) is 10.3. The number of fused-ring (bicyclic) bond motifs is 1. The number of aromatic amines is 1. The van der Waals surface area contributed by atoms with Gasteiger partial charge in [0.1, 0.15) is 11.3 Å². The van der Waals surface area contributed by atoms with Gasteiger partial charge in [-0.15, -0.1) is 0 Å². The van der Waals surface area contributed by atoms with E-state index in [0.717, 1.165) is 28.1 Å². The maximum absolute atomic E-state index is 9.76. The number of nitrogens with two attached hydrogens (primary N) is 1. The molecule has 0 saturated carbocycles. The lowest BCUT2D eigenvalue weighted by Crippen LogP contribution is -2.28. The fourth-order valence-electron chi connectivity index (χ4n) is 3.23. The number of aromatic nitrogens is 4. The molecule has 0 saturated heterocycles. The molecule has 4 rings (SSSR count). The van der Waals surface area contributed by atoms with Gasteiger partial charge in [0.2, 0.25) is 5.95 Å². The zero-order valence-corrected chi connectivity index (χ0v) is 17.6. The van der Waals surface area contributed by atoms with Gasteiger partial charge in [-0.2, -0.15) is 10.1 Å². The molecular weight excluding hydrogens is 394 g/mol. The smallest absolute Gasteiger partial charge is 0.225 e. The molecule has 9 nitrogen and oxygen atoms in total. The number of benzene rings is 1. The van der Waals surface area contributed by atoms with Gasteiger partial charge in [0.25, 0.3) is 0 Å². The number of aliphatic hydroxyl groups excluding tert-OH is 1. The van der Waals surface area contributed by atoms with E-state index in [4.69, 9.17) is 10.2 Å². The molecule has 0 spiro atoms. The lowest BCUT2D eigenvalue weighted by molar-refractivity contribution is 0.196. The molecule has 1 unspecified atom stereocenters. The van der Waals surface area contributed by atoms with Crippen LogP contribution in [-0.4, -0.2) is 44.5 Å². The minimum Gasteiger partial charge on any atom is -0.464 e. The molecule has 0 amide bonds. The number of rotatable bonds is 9. The topological polar surface area (TPSA) is 138 Å². The molecule has 31 heavy (non-hydrogen) atoms. The second-order valence-corrected chi connectivity index (χ2v) is 7.68. The number of hydrogen-bond acceptors (Lipinski definition) is 8. The first-order chi connectivity index (χ1) is 15.0. The van der Waals surface area contributed by atoms with Crippen molar-refractivity contribution in [1.82, 2.24) is 20.2 Å². The summed E-state index contributed by atoms with van der Waals surface area (Å²) in [5.41, 5.74) is 9.98. The Morgan fingerprint density at radius 1 is 1.10 bits per heavy atom. The Kier molecular flexibility index (Phi) is 6.15. The van der Waals surface area contributed by atoms with Crippen molar-refractivity contribution in [2.75, 3.05) is 23.7 Å². The van der Waals surface area contributed by atoms with Crippen molar-refractivity contribution in [3.8, 4) is 11.3 Å². The SMILES string of the molecule is CC(C)c1[nH]nc2c(NCc3ccc(-c4ccco4)cc3)nc(NCC(O)CN)nc12. The van der Waals surface area contributed by atoms with Crippen LogP contribution in [0.2, 0.25) is 0 Å². The predicted molar refractivity (Wildman–Crippen MR) is 121 cm³/mol. The maximum atomic E-state index is 9.76. The van der Waals surface area contributed by atoms with Crippen LogP contribution in [0.4, 0.5) is 11.8 Å². The van der Waals surface area contributed by atoms with Crippen LogP contribution in [0.3, 0.4) is 0 Å². The van der Waals surface area contributed by atoms with Crippen LogP contribution in [0.25, 0.3) is 22.4 Å². The number of hydrogen-bond donors (Lipinski definition) is 5. The highest BCUT2D eigenvalue weighted by atomic mass is 16.3. The van der Waals surface area contributed by atoms with Crippen molar-refractivity contribution in [1.29, 1.82) is 0 Å². The van der Waals surface area contributed by atoms with Gasteiger partial charge >= 0.3 is 0 Å². The average molecular weight is 422 g/mol. The molecule has 0 aliphatic rings. The Bertz CT molecular complexity index is 1120. The molecule has 9 heteroatoms. The van der Waals surface area contributed by atoms with E-state index in [1.807, 2.05) is 36.4 Å². The van der Waals surface area contributed by atoms with E-state index in [1.165, 1.54) is 0 Å². The van der Waals surface area contributed by atoms with E-state index in [9.17, 15) is 5.11 Å². The standard InChI is InChI=1S/C22H27N7O2/c1-13(2)18-19-20(29-28-18)21(27-22(26-19)25-12-16(30)10-23)24-11-14-5-7-15(8-6-14)17-4-3-9-31-17/h3-9,13,16,30H,10-12,23H2,1-2H3,(H,28,29)(H2,24,25,26,27). The van der Waals surface area contributed by atoms with Crippen molar-refractivity contribution in [2.45, 2.75) is 32.4 Å². The predicted octanol–water partition coefficient (Wildman–Crippen LogP) is 3.08. The van der Waals surface area contributed by atoms with E-state index in [1.54, 1.807) is 6.26 Å². The quantitative estimate of drug-likeness (QED) is 0.278. The number of nitrogens with one attached hydrogen (secondary N) is 3. The lowest BCUT2D eigenvalue weighted by atomic mass is 10.1. The van der Waals surface area contributed by atoms with Gasteiger partial charge in [-0.05, 0) is 23.6 Å². The van der Waals surface area contributed by atoms with Crippen molar-refractivity contribution in [3.05, 3.63) is 53.9 Å². The summed E-state index contributed by atoms with van der Waals surface area (Å²) in [6, 6.07) is 12.0. The summed E-state index contributed by atoms with van der Waals surface area (Å²) in [6.45, 7) is 5.16. The van der Waals surface area contributed by atoms with Crippen LogP contribution >= 0.6 is 0 Å². The van der Waals surface area contributed by atoms with Crippen LogP contribution in [-0.2, 0) is 6.54 Å². The van der Waals surface area contributed by atoms with Crippen LogP contribution in [0.1, 0.15) is 31.0 Å². The zero-order chi connectivity index (χ0) is 21.8. The fraction of sp³-hybridized carbons (Fsp3) is 0.318. The van der Waals surface area contributed by atoms with E-state index < -0.39 is 6.10 Å². The van der Waals surface area contributed by atoms with E-state index >= 15 is 0 Å². The lowest BCUT2D eigenvalue weighted by Gasteiger charge is -2.12. The molecule has 1 atom stereocenters. The maximum Gasteiger partial charge on any atom is 0.225 e. The van der Waals surface area contributed by atoms with Crippen LogP contribution < -0.4 is 16.4 Å². The van der Waals surface area contributed by atoms with E-state index in [2.05, 4.69) is 44.6 Å². The molecule has 0 aliphatic heterocycles. The molecule has 6 N–H and O–H groups in total. The minimum absolute atomic E-state index is 0.164. The molecule has 0 radical (unpaired) electrons. The number of furan rings is 1. The summed E-state index contributed by atoms with van der Waals surface area (Å²) in [6.07, 6.45) is 0.996. The average Bonchev–Trinajstić information content (AvgIpc) is 3.46. The van der Waals surface area contributed by atoms with Crippen LogP contribution in [0.15, 0.2) is 47.1 Å². The van der Waals surface area contributed by atoms with Crippen molar-refractivity contribution >= 4 is 22.8 Å². The summed E-state index contributed by atoms with van der Waals surface area (Å²) < 4.78 is 5.44. The molecule has 3 aromatic heterocycles. The monoisotopic (exact) mass is 421 g/mol. The summed E-state index contributed by atoms with van der Waals surface area (Å²) in [5, 5.41) is 23.7. The Balaban J connectivity index is 1.56. The minimum atomic E-state index is -0.669. The summed E-state index contributed by atoms with van der Waals surface area (Å²) in [5.74, 6) is 2.10. The summed E-state index contributed by atoms with van der Waals surface area (Å²) in [7, 11) is 0. The number of nitrogens with zero attached hydrogens (tertiary/aromatic N) is 3. The zero-order valence-electron chi connectivity index (χ0n) is 17.6. The number of anilines is 2. The molecule has 4 aromatic rings.